The zero-order valence-electron chi connectivity index (χ0n) is 18.8. The smallest absolute Gasteiger partial charge is 0.261 e. The monoisotopic (exact) mass is 496 g/mol. The summed E-state index contributed by atoms with van der Waals surface area (Å²) in [4.78, 5) is 27.8. The molecule has 176 valence electrons. The van der Waals surface area contributed by atoms with Crippen LogP contribution >= 0.6 is 11.6 Å². The fourth-order valence-electron chi connectivity index (χ4n) is 4.01. The summed E-state index contributed by atoms with van der Waals surface area (Å²) in [5.41, 5.74) is 1.74. The maximum absolute atomic E-state index is 13.3. The Morgan fingerprint density at radius 1 is 0.882 bits per heavy atom. The second-order valence-electron chi connectivity index (χ2n) is 8.32. The zero-order chi connectivity index (χ0) is 24.3. The van der Waals surface area contributed by atoms with E-state index in [-0.39, 0.29) is 27.8 Å². The molecule has 1 aliphatic rings. The largest absolute Gasteiger partial charge is 0.339 e. The number of halogens is 1. The van der Waals surface area contributed by atoms with Gasteiger partial charge in [0.2, 0.25) is 0 Å². The van der Waals surface area contributed by atoms with E-state index >= 15 is 0 Å². The Morgan fingerprint density at radius 2 is 1.59 bits per heavy atom. The molecule has 4 rings (SSSR count). The van der Waals surface area contributed by atoms with Crippen LogP contribution in [0.15, 0.2) is 71.6 Å². The average molecular weight is 497 g/mol. The number of likely N-dealkylation sites (tertiary alicyclic amines) is 1. The van der Waals surface area contributed by atoms with Gasteiger partial charge in [0.15, 0.2) is 5.78 Å². The second kappa shape index (κ2) is 9.99. The lowest BCUT2D eigenvalue weighted by atomic mass is 10.0. The van der Waals surface area contributed by atoms with Crippen LogP contribution in [0.5, 0.6) is 0 Å². The third-order valence-electron chi connectivity index (χ3n) is 5.90. The average Bonchev–Trinajstić information content (AvgIpc) is 2.85. The normalized spacial score (nSPS) is 14.0. The number of nitrogens with one attached hydrogen (secondary N) is 1. The van der Waals surface area contributed by atoms with Gasteiger partial charge < -0.3 is 4.90 Å². The molecule has 0 unspecified atom stereocenters. The Morgan fingerprint density at radius 3 is 2.29 bits per heavy atom. The van der Waals surface area contributed by atoms with E-state index in [1.54, 1.807) is 48.2 Å². The van der Waals surface area contributed by atoms with Crippen molar-refractivity contribution in [2.75, 3.05) is 17.8 Å². The lowest BCUT2D eigenvalue weighted by molar-refractivity contribution is 0.0723. The van der Waals surface area contributed by atoms with E-state index in [9.17, 15) is 18.0 Å². The van der Waals surface area contributed by atoms with Crippen molar-refractivity contribution in [1.29, 1.82) is 0 Å². The van der Waals surface area contributed by atoms with E-state index in [1.165, 1.54) is 30.3 Å². The first-order valence-corrected chi connectivity index (χ1v) is 12.9. The Hall–Kier alpha value is -3.16. The fraction of sp³-hybridized carbons (Fsp3) is 0.231. The van der Waals surface area contributed by atoms with Crippen LogP contribution in [-0.2, 0) is 10.0 Å². The topological polar surface area (TPSA) is 83.5 Å². The number of hydrogen-bond acceptors (Lipinski definition) is 4. The number of hydrogen-bond donors (Lipinski definition) is 1. The van der Waals surface area contributed by atoms with Crippen LogP contribution in [0.25, 0.3) is 0 Å². The maximum atomic E-state index is 13.3. The Bertz CT molecular complexity index is 1330. The van der Waals surface area contributed by atoms with Crippen LogP contribution < -0.4 is 4.72 Å². The summed E-state index contributed by atoms with van der Waals surface area (Å²) in [6.45, 7) is 3.13. The van der Waals surface area contributed by atoms with Crippen LogP contribution in [0, 0.1) is 6.92 Å². The van der Waals surface area contributed by atoms with E-state index < -0.39 is 10.0 Å². The Kier molecular flexibility index (Phi) is 7.05. The van der Waals surface area contributed by atoms with Gasteiger partial charge in [-0.25, -0.2) is 8.42 Å². The minimum absolute atomic E-state index is 0.0495. The predicted octanol–water partition coefficient (Wildman–Crippen LogP) is 5.31. The van der Waals surface area contributed by atoms with Crippen molar-refractivity contribution in [2.24, 2.45) is 0 Å². The quantitative estimate of drug-likeness (QED) is 0.469. The highest BCUT2D eigenvalue weighted by Crippen LogP contribution is 2.27. The van der Waals surface area contributed by atoms with Gasteiger partial charge in [-0.1, -0.05) is 48.0 Å². The number of nitrogens with zero attached hydrogens (tertiary/aromatic N) is 1. The summed E-state index contributed by atoms with van der Waals surface area (Å²) in [5, 5.41) is 0.312. The van der Waals surface area contributed by atoms with Crippen LogP contribution in [0.1, 0.15) is 51.1 Å². The maximum Gasteiger partial charge on any atom is 0.261 e. The van der Waals surface area contributed by atoms with Crippen molar-refractivity contribution in [3.63, 3.8) is 0 Å². The molecule has 0 bridgehead atoms. The van der Waals surface area contributed by atoms with Crippen molar-refractivity contribution < 1.29 is 18.0 Å². The first kappa shape index (κ1) is 24.0. The minimum Gasteiger partial charge on any atom is -0.339 e. The molecule has 3 aromatic carbocycles. The number of carbonyl (C=O) groups is 2. The minimum atomic E-state index is -4.08. The Balaban J connectivity index is 1.67. The molecule has 0 aromatic heterocycles. The van der Waals surface area contributed by atoms with E-state index in [0.717, 1.165) is 19.3 Å². The van der Waals surface area contributed by atoms with Crippen LogP contribution in [0.4, 0.5) is 5.69 Å². The highest BCUT2D eigenvalue weighted by atomic mass is 35.5. The number of amides is 1. The molecule has 34 heavy (non-hydrogen) atoms. The number of rotatable bonds is 6. The molecule has 0 atom stereocenters. The molecule has 0 saturated carbocycles. The summed E-state index contributed by atoms with van der Waals surface area (Å²) < 4.78 is 29.1. The van der Waals surface area contributed by atoms with Gasteiger partial charge in [0.25, 0.3) is 15.9 Å². The molecule has 1 heterocycles. The molecule has 3 aromatic rings. The summed E-state index contributed by atoms with van der Waals surface area (Å²) >= 11 is 6.11. The van der Waals surface area contributed by atoms with Crippen molar-refractivity contribution in [3.05, 3.63) is 94.0 Å². The molecule has 6 nitrogen and oxygen atoms in total. The summed E-state index contributed by atoms with van der Waals surface area (Å²) in [6.07, 6.45) is 2.98. The standard InChI is InChI=1S/C26H25ClN2O4S/c1-18-10-12-21(17-22(18)26(31)29-14-6-3-7-15-29)34(32,33)28-24-13-11-20(27)16-23(24)25(30)19-8-4-2-5-9-19/h2,4-5,8-13,16-17,28H,3,6-7,14-15H2,1H3. The van der Waals surface area contributed by atoms with Crippen LogP contribution in [-0.4, -0.2) is 38.1 Å². The molecule has 0 radical (unpaired) electrons. The lowest BCUT2D eigenvalue weighted by Gasteiger charge is -2.27. The van der Waals surface area contributed by atoms with Crippen molar-refractivity contribution in [1.82, 2.24) is 4.90 Å². The van der Waals surface area contributed by atoms with Gasteiger partial charge in [-0.2, -0.15) is 0 Å². The molecular formula is C26H25ClN2O4S. The first-order valence-electron chi connectivity index (χ1n) is 11.1. The fourth-order valence-corrected chi connectivity index (χ4v) is 5.29. The number of carbonyl (C=O) groups excluding carboxylic acids is 2. The number of benzene rings is 3. The van der Waals surface area contributed by atoms with E-state index in [0.29, 0.717) is 34.8 Å². The molecule has 1 aliphatic heterocycles. The number of anilines is 1. The van der Waals surface area contributed by atoms with Gasteiger partial charge in [-0.3, -0.25) is 14.3 Å². The number of piperidine rings is 1. The number of sulfonamides is 1. The summed E-state index contributed by atoms with van der Waals surface area (Å²) in [6, 6.07) is 17.5. The van der Waals surface area contributed by atoms with Crippen molar-refractivity contribution in [3.8, 4) is 0 Å². The van der Waals surface area contributed by atoms with E-state index in [2.05, 4.69) is 4.72 Å². The number of ketones is 1. The van der Waals surface area contributed by atoms with Gasteiger partial charge in [-0.05, 0) is 62.1 Å². The third-order valence-corrected chi connectivity index (χ3v) is 7.50. The van der Waals surface area contributed by atoms with E-state index in [1.807, 2.05) is 0 Å². The molecule has 0 aliphatic carbocycles. The first-order chi connectivity index (χ1) is 16.3. The molecule has 1 N–H and O–H groups in total. The van der Waals surface area contributed by atoms with Gasteiger partial charge in [0.05, 0.1) is 10.6 Å². The van der Waals surface area contributed by atoms with Gasteiger partial charge >= 0.3 is 0 Å². The van der Waals surface area contributed by atoms with Crippen LogP contribution in [0.2, 0.25) is 5.02 Å². The van der Waals surface area contributed by atoms with Gasteiger partial charge in [0.1, 0.15) is 0 Å². The summed E-state index contributed by atoms with van der Waals surface area (Å²) in [7, 11) is -4.08. The zero-order valence-corrected chi connectivity index (χ0v) is 20.3. The van der Waals surface area contributed by atoms with Gasteiger partial charge in [-0.15, -0.1) is 0 Å². The van der Waals surface area contributed by atoms with Crippen molar-refractivity contribution >= 4 is 39.0 Å². The molecule has 1 fully saturated rings. The summed E-state index contributed by atoms with van der Waals surface area (Å²) in [5.74, 6) is -0.522. The highest BCUT2D eigenvalue weighted by Gasteiger charge is 2.24. The lowest BCUT2D eigenvalue weighted by Crippen LogP contribution is -2.36. The van der Waals surface area contributed by atoms with Crippen LogP contribution in [0.3, 0.4) is 0 Å². The SMILES string of the molecule is Cc1ccc(S(=O)(=O)Nc2ccc(Cl)cc2C(=O)c2ccccc2)cc1C(=O)N1CCCCC1. The second-order valence-corrected chi connectivity index (χ2v) is 10.4. The predicted molar refractivity (Wildman–Crippen MR) is 133 cm³/mol. The Labute approximate surface area is 204 Å². The molecule has 1 saturated heterocycles. The van der Waals surface area contributed by atoms with Gasteiger partial charge in [0, 0.05) is 34.8 Å². The molecule has 8 heteroatoms. The number of aryl methyl sites for hydroxylation is 1. The van der Waals surface area contributed by atoms with Crippen molar-refractivity contribution in [2.45, 2.75) is 31.1 Å². The molecular weight excluding hydrogens is 472 g/mol. The molecule has 0 spiro atoms. The van der Waals surface area contributed by atoms with E-state index in [4.69, 9.17) is 11.6 Å². The molecule has 1 amide bonds. The third kappa shape index (κ3) is 5.16. The highest BCUT2D eigenvalue weighted by molar-refractivity contribution is 7.92.